The summed E-state index contributed by atoms with van der Waals surface area (Å²) in [6.07, 6.45) is 0. The van der Waals surface area contributed by atoms with Crippen molar-refractivity contribution in [3.05, 3.63) is 241 Å². The Balaban J connectivity index is 1.10. The van der Waals surface area contributed by atoms with Crippen LogP contribution >= 0.6 is 0 Å². The Hall–Kier alpha value is -7.54. The molecule has 0 N–H and O–H groups in total. The molecule has 0 fully saturated rings. The van der Waals surface area contributed by atoms with Crippen LogP contribution in [0.25, 0.3) is 98.7 Å². The molecule has 11 aromatic carbocycles. The molecule has 13 rings (SSSR count). The van der Waals surface area contributed by atoms with E-state index in [-0.39, 0.29) is 5.41 Å². The minimum atomic E-state index is -0.387. The summed E-state index contributed by atoms with van der Waals surface area (Å²) >= 11 is 0. The minimum absolute atomic E-state index is 0.387. The smallest absolute Gasteiger partial charge is 0.0619 e. The van der Waals surface area contributed by atoms with E-state index in [1.54, 1.807) is 0 Å². The third-order valence-corrected chi connectivity index (χ3v) is 13.4. The van der Waals surface area contributed by atoms with Crippen LogP contribution in [0.2, 0.25) is 0 Å². The summed E-state index contributed by atoms with van der Waals surface area (Å²) in [5.74, 6) is 0. The van der Waals surface area contributed by atoms with Crippen molar-refractivity contribution in [3.63, 3.8) is 0 Å². The van der Waals surface area contributed by atoms with Crippen molar-refractivity contribution in [1.29, 1.82) is 0 Å². The molecule has 11 aromatic rings. The summed E-state index contributed by atoms with van der Waals surface area (Å²) in [7, 11) is 0. The van der Waals surface area contributed by atoms with Crippen LogP contribution in [0.5, 0.6) is 0 Å². The molecule has 0 atom stereocenters. The lowest BCUT2D eigenvalue weighted by Gasteiger charge is -2.30. The normalized spacial score (nSPS) is 13.2. The van der Waals surface area contributed by atoms with Crippen LogP contribution in [-0.2, 0) is 5.41 Å². The van der Waals surface area contributed by atoms with Crippen molar-refractivity contribution >= 4 is 43.1 Å². The fourth-order valence-corrected chi connectivity index (χ4v) is 10.9. The fraction of sp³-hybridized carbons (Fsp3) is 0.0169. The molecule has 0 aromatic heterocycles. The van der Waals surface area contributed by atoms with E-state index in [1.807, 2.05) is 0 Å². The van der Waals surface area contributed by atoms with E-state index in [0.717, 1.165) is 0 Å². The zero-order chi connectivity index (χ0) is 38.7. The number of fused-ring (bicyclic) bond motifs is 14. The first-order valence-corrected chi connectivity index (χ1v) is 20.7. The zero-order valence-corrected chi connectivity index (χ0v) is 32.3. The van der Waals surface area contributed by atoms with E-state index in [1.165, 1.54) is 121 Å². The monoisotopic (exact) mass is 744 g/mol. The highest BCUT2D eigenvalue weighted by Crippen LogP contribution is 2.63. The Morgan fingerprint density at radius 3 is 1.17 bits per heavy atom. The lowest BCUT2D eigenvalue weighted by atomic mass is 9.70. The van der Waals surface area contributed by atoms with E-state index in [0.29, 0.717) is 0 Å². The van der Waals surface area contributed by atoms with E-state index < -0.39 is 0 Å². The predicted octanol–water partition coefficient (Wildman–Crippen LogP) is 15.6. The minimum Gasteiger partial charge on any atom is -0.0619 e. The summed E-state index contributed by atoms with van der Waals surface area (Å²) in [5.41, 5.74) is 17.8. The van der Waals surface area contributed by atoms with Crippen LogP contribution in [0.4, 0.5) is 0 Å². The van der Waals surface area contributed by atoms with Crippen LogP contribution in [0, 0.1) is 0 Å². The lowest BCUT2D eigenvalue weighted by molar-refractivity contribution is 0.794. The Kier molecular flexibility index (Phi) is 6.74. The quantitative estimate of drug-likeness (QED) is 0.158. The van der Waals surface area contributed by atoms with Gasteiger partial charge in [0.15, 0.2) is 0 Å². The van der Waals surface area contributed by atoms with Gasteiger partial charge in [-0.1, -0.05) is 194 Å². The molecule has 1 spiro atoms. The highest BCUT2D eigenvalue weighted by atomic mass is 14.5. The van der Waals surface area contributed by atoms with Gasteiger partial charge in [-0.2, -0.15) is 0 Å². The van der Waals surface area contributed by atoms with Crippen LogP contribution < -0.4 is 0 Å². The highest BCUT2D eigenvalue weighted by Gasteiger charge is 2.51. The van der Waals surface area contributed by atoms with E-state index in [9.17, 15) is 0 Å². The largest absolute Gasteiger partial charge is 0.0725 e. The molecule has 2 aliphatic rings. The molecule has 0 saturated carbocycles. The van der Waals surface area contributed by atoms with Crippen molar-refractivity contribution in [2.75, 3.05) is 0 Å². The van der Waals surface area contributed by atoms with Gasteiger partial charge in [-0.05, 0) is 145 Å². The Labute approximate surface area is 343 Å². The molecule has 59 heavy (non-hydrogen) atoms. The Morgan fingerprint density at radius 1 is 0.220 bits per heavy atom. The summed E-state index contributed by atoms with van der Waals surface area (Å²) in [6, 6.07) is 82.0. The second-order valence-corrected chi connectivity index (χ2v) is 16.3. The highest BCUT2D eigenvalue weighted by molar-refractivity contribution is 6.22. The Morgan fingerprint density at radius 2 is 0.610 bits per heavy atom. The number of hydrogen-bond acceptors (Lipinski definition) is 0. The second-order valence-electron chi connectivity index (χ2n) is 16.3. The maximum atomic E-state index is 2.51. The maximum absolute atomic E-state index is 2.51. The van der Waals surface area contributed by atoms with Gasteiger partial charge in [0.25, 0.3) is 0 Å². The molecule has 0 radical (unpaired) electrons. The van der Waals surface area contributed by atoms with Gasteiger partial charge in [0, 0.05) is 0 Å². The molecule has 2 aliphatic carbocycles. The van der Waals surface area contributed by atoms with Gasteiger partial charge in [0.2, 0.25) is 0 Å². The van der Waals surface area contributed by atoms with E-state index >= 15 is 0 Å². The number of rotatable bonds is 3. The van der Waals surface area contributed by atoms with Gasteiger partial charge in [-0.25, -0.2) is 0 Å². The summed E-state index contributed by atoms with van der Waals surface area (Å²) < 4.78 is 0. The number of hydrogen-bond donors (Lipinski definition) is 0. The first-order valence-electron chi connectivity index (χ1n) is 20.7. The molecule has 0 heteroatoms. The summed E-state index contributed by atoms with van der Waals surface area (Å²) in [5, 5.41) is 10.0. The summed E-state index contributed by atoms with van der Waals surface area (Å²) in [4.78, 5) is 0. The van der Waals surface area contributed by atoms with Gasteiger partial charge >= 0.3 is 0 Å². The average molecular weight is 745 g/mol. The van der Waals surface area contributed by atoms with Crippen LogP contribution in [0.1, 0.15) is 22.3 Å². The number of benzene rings is 11. The first-order chi connectivity index (χ1) is 29.3. The average Bonchev–Trinajstić information content (AvgIpc) is 3.77. The molecular formula is C59H36. The van der Waals surface area contributed by atoms with Crippen molar-refractivity contribution in [3.8, 4) is 55.6 Å². The second kappa shape index (κ2) is 12.2. The fourth-order valence-electron chi connectivity index (χ4n) is 10.9. The van der Waals surface area contributed by atoms with Crippen molar-refractivity contribution < 1.29 is 0 Å². The molecule has 0 aliphatic heterocycles. The predicted molar refractivity (Wildman–Crippen MR) is 249 cm³/mol. The molecule has 0 saturated heterocycles. The summed E-state index contributed by atoms with van der Waals surface area (Å²) in [6.45, 7) is 0. The molecule has 0 bridgehead atoms. The molecular weight excluding hydrogens is 709 g/mol. The topological polar surface area (TPSA) is 0 Å². The van der Waals surface area contributed by atoms with Crippen LogP contribution in [0.3, 0.4) is 0 Å². The molecule has 0 heterocycles. The van der Waals surface area contributed by atoms with Crippen molar-refractivity contribution in [1.82, 2.24) is 0 Å². The molecule has 0 nitrogen and oxygen atoms in total. The van der Waals surface area contributed by atoms with Gasteiger partial charge in [0.05, 0.1) is 5.41 Å². The maximum Gasteiger partial charge on any atom is 0.0725 e. The molecule has 272 valence electrons. The van der Waals surface area contributed by atoms with Gasteiger partial charge in [-0.3, -0.25) is 0 Å². The van der Waals surface area contributed by atoms with Gasteiger partial charge < -0.3 is 0 Å². The molecule has 0 amide bonds. The standard InChI is InChI=1S/C59H36/c1-3-15-39-33-43(27-25-37(39)13-1)57-49-20-5-6-21-50(49)58(44-28-26-38-14-2-4-16-40(38)34-44)52-35-41(30-32-51(52)57)42-29-31-48-47-19-9-12-24-55(47)59(56(48)36-42)53-22-10-7-17-45(53)46-18-8-11-23-54(46)59/h1-36H. The van der Waals surface area contributed by atoms with E-state index in [4.69, 9.17) is 0 Å². The van der Waals surface area contributed by atoms with E-state index in [2.05, 4.69) is 218 Å². The van der Waals surface area contributed by atoms with Crippen molar-refractivity contribution in [2.24, 2.45) is 0 Å². The zero-order valence-electron chi connectivity index (χ0n) is 32.3. The SMILES string of the molecule is c1ccc2c(c1)-c1ccccc1C21c2ccccc2-c2ccc(-c3ccc4c(-c5ccc6ccccc6c5)c5ccccc5c(-c5ccc6ccccc6c5)c4c3)cc21. The molecule has 0 unspecified atom stereocenters. The van der Waals surface area contributed by atoms with Gasteiger partial charge in [-0.15, -0.1) is 0 Å². The third kappa shape index (κ3) is 4.49. The third-order valence-electron chi connectivity index (χ3n) is 13.4. The lowest BCUT2D eigenvalue weighted by Crippen LogP contribution is -2.25. The first kappa shape index (κ1) is 32.5. The van der Waals surface area contributed by atoms with Crippen molar-refractivity contribution in [2.45, 2.75) is 5.41 Å². The van der Waals surface area contributed by atoms with Crippen LogP contribution in [-0.4, -0.2) is 0 Å². The Bertz CT molecular complexity index is 3500. The van der Waals surface area contributed by atoms with Crippen LogP contribution in [0.15, 0.2) is 218 Å². The van der Waals surface area contributed by atoms with Gasteiger partial charge in [0.1, 0.15) is 0 Å².